The minimum Gasteiger partial charge on any atom is -0.497 e. The number of aromatic nitrogens is 2. The van der Waals surface area contributed by atoms with E-state index in [1.807, 2.05) is 0 Å². The van der Waals surface area contributed by atoms with Crippen molar-refractivity contribution in [1.29, 1.82) is 0 Å². The molecule has 2 aromatic carbocycles. The smallest absolute Gasteiger partial charge is 0.229 e. The molecule has 2 aliphatic heterocycles. The van der Waals surface area contributed by atoms with Gasteiger partial charge in [-0.2, -0.15) is 4.98 Å². The van der Waals surface area contributed by atoms with E-state index < -0.39 is 10.0 Å². The van der Waals surface area contributed by atoms with Crippen LogP contribution in [0.1, 0.15) is 25.3 Å². The molecule has 5 rings (SSSR count). The van der Waals surface area contributed by atoms with Crippen molar-refractivity contribution in [2.75, 3.05) is 87.0 Å². The number of benzene rings is 2. The molecule has 45 heavy (non-hydrogen) atoms. The molecule has 3 aromatic rings. The van der Waals surface area contributed by atoms with Gasteiger partial charge in [0.15, 0.2) is 5.82 Å². The summed E-state index contributed by atoms with van der Waals surface area (Å²) in [5.74, 6) is 1.79. The number of sulfonamides is 1. The van der Waals surface area contributed by atoms with Crippen molar-refractivity contribution in [3.05, 3.63) is 47.1 Å². The number of methoxy groups -OCH3 is 2. The van der Waals surface area contributed by atoms with Crippen molar-refractivity contribution in [3.63, 3.8) is 0 Å². The summed E-state index contributed by atoms with van der Waals surface area (Å²) in [7, 11) is 1.85. The topological polar surface area (TPSA) is 124 Å². The fourth-order valence-corrected chi connectivity index (χ4v) is 6.64. The van der Waals surface area contributed by atoms with Gasteiger partial charge >= 0.3 is 0 Å². The Labute approximate surface area is 271 Å². The summed E-state index contributed by atoms with van der Waals surface area (Å²) in [6.45, 7) is 8.76. The molecule has 0 amide bonds. The van der Waals surface area contributed by atoms with Gasteiger partial charge in [0.1, 0.15) is 16.5 Å². The number of ether oxygens (including phenoxy) is 2. The van der Waals surface area contributed by atoms with Crippen LogP contribution in [0.5, 0.6) is 11.5 Å². The van der Waals surface area contributed by atoms with Crippen LogP contribution in [-0.2, 0) is 16.4 Å². The number of piperidine rings is 1. The van der Waals surface area contributed by atoms with E-state index in [4.69, 9.17) is 21.1 Å². The minimum absolute atomic E-state index is 0.255. The lowest BCUT2D eigenvalue weighted by Gasteiger charge is -2.43. The van der Waals surface area contributed by atoms with Crippen molar-refractivity contribution < 1.29 is 17.9 Å². The average molecular weight is 659 g/mol. The van der Waals surface area contributed by atoms with E-state index in [1.54, 1.807) is 25.3 Å². The summed E-state index contributed by atoms with van der Waals surface area (Å²) >= 11 is 6.47. The maximum absolute atomic E-state index is 12.0. The molecule has 244 valence electrons. The molecule has 3 N–H and O–H groups in total. The molecular weight excluding hydrogens is 616 g/mol. The van der Waals surface area contributed by atoms with Crippen LogP contribution in [0.4, 0.5) is 34.5 Å². The van der Waals surface area contributed by atoms with Crippen molar-refractivity contribution in [3.8, 4) is 11.5 Å². The minimum atomic E-state index is -3.54. The number of nitrogens with zero attached hydrogens (tertiary/aromatic N) is 5. The standard InChI is InChI=1S/C31H43ClN8O4S/c1-6-21-17-27(29(44-4)19-28(21)40-11-9-22(10-12-40)39-15-13-38(2)14-16-39)35-31-33-20-24(32)30(36-31)34-26-18-23(43-3)7-8-25(26)37-45(5,41)42/h7-8,17-20,22,37H,6,9-16H2,1-5H3,(H2,33,34,35,36). The van der Waals surface area contributed by atoms with Crippen molar-refractivity contribution in [1.82, 2.24) is 19.8 Å². The lowest BCUT2D eigenvalue weighted by Crippen LogP contribution is -2.52. The summed E-state index contributed by atoms with van der Waals surface area (Å²) in [6.07, 6.45) is 5.72. The Kier molecular flexibility index (Phi) is 10.4. The van der Waals surface area contributed by atoms with Gasteiger partial charge in [0.05, 0.1) is 43.7 Å². The third kappa shape index (κ3) is 8.20. The fraction of sp³-hybridized carbons (Fsp3) is 0.484. The molecule has 0 aliphatic carbocycles. The van der Waals surface area contributed by atoms with E-state index in [2.05, 4.69) is 66.1 Å². The molecule has 0 saturated carbocycles. The van der Waals surface area contributed by atoms with Crippen LogP contribution in [0.3, 0.4) is 0 Å². The number of piperazine rings is 1. The van der Waals surface area contributed by atoms with Gasteiger partial charge in [-0.1, -0.05) is 18.5 Å². The molecule has 0 atom stereocenters. The van der Waals surface area contributed by atoms with Gasteiger partial charge in [0.25, 0.3) is 0 Å². The molecule has 0 bridgehead atoms. The highest BCUT2D eigenvalue weighted by molar-refractivity contribution is 7.92. The number of rotatable bonds is 11. The number of hydrogen-bond donors (Lipinski definition) is 3. The monoisotopic (exact) mass is 658 g/mol. The Balaban J connectivity index is 1.34. The molecule has 12 nitrogen and oxygen atoms in total. The van der Waals surface area contributed by atoms with Crippen LogP contribution in [0, 0.1) is 0 Å². The second-order valence-corrected chi connectivity index (χ2v) is 13.7. The van der Waals surface area contributed by atoms with Crippen molar-refractivity contribution in [2.24, 2.45) is 0 Å². The lowest BCUT2D eigenvalue weighted by atomic mass is 9.99. The maximum Gasteiger partial charge on any atom is 0.229 e. The summed E-state index contributed by atoms with van der Waals surface area (Å²) < 4.78 is 37.6. The lowest BCUT2D eigenvalue weighted by molar-refractivity contribution is 0.0982. The zero-order chi connectivity index (χ0) is 32.1. The van der Waals surface area contributed by atoms with Crippen molar-refractivity contribution >= 4 is 56.1 Å². The van der Waals surface area contributed by atoms with Crippen LogP contribution in [0.2, 0.25) is 5.02 Å². The zero-order valence-corrected chi connectivity index (χ0v) is 28.1. The van der Waals surface area contributed by atoms with Crippen LogP contribution in [-0.4, -0.2) is 101 Å². The molecule has 1 aromatic heterocycles. The van der Waals surface area contributed by atoms with Crippen LogP contribution >= 0.6 is 11.6 Å². The Morgan fingerprint density at radius 1 is 0.956 bits per heavy atom. The van der Waals surface area contributed by atoms with E-state index in [1.165, 1.54) is 24.6 Å². The number of nitrogens with one attached hydrogen (secondary N) is 3. The summed E-state index contributed by atoms with van der Waals surface area (Å²) in [5, 5.41) is 6.68. The van der Waals surface area contributed by atoms with Gasteiger partial charge in [-0.25, -0.2) is 13.4 Å². The Hall–Kier alpha value is -3.52. The van der Waals surface area contributed by atoms with Gasteiger partial charge < -0.3 is 29.9 Å². The van der Waals surface area contributed by atoms with Gasteiger partial charge in [-0.3, -0.25) is 9.62 Å². The van der Waals surface area contributed by atoms with E-state index >= 15 is 0 Å². The van der Waals surface area contributed by atoms with Crippen molar-refractivity contribution in [2.45, 2.75) is 32.2 Å². The second kappa shape index (κ2) is 14.3. The quantitative estimate of drug-likeness (QED) is 0.264. The highest BCUT2D eigenvalue weighted by Gasteiger charge is 2.28. The number of likely N-dealkylation sites (N-methyl/N-ethyl adjacent to an activating group) is 1. The van der Waals surface area contributed by atoms with Gasteiger partial charge in [0, 0.05) is 63.1 Å². The Morgan fingerprint density at radius 3 is 2.33 bits per heavy atom. The first-order valence-corrected chi connectivity index (χ1v) is 17.4. The van der Waals surface area contributed by atoms with Gasteiger partial charge in [0.2, 0.25) is 16.0 Å². The average Bonchev–Trinajstić information content (AvgIpc) is 3.03. The first-order chi connectivity index (χ1) is 21.6. The number of anilines is 6. The molecule has 2 saturated heterocycles. The van der Waals surface area contributed by atoms with E-state index in [0.717, 1.165) is 70.5 Å². The molecule has 3 heterocycles. The van der Waals surface area contributed by atoms with Crippen LogP contribution in [0.15, 0.2) is 36.5 Å². The first-order valence-electron chi connectivity index (χ1n) is 15.2. The molecule has 14 heteroatoms. The maximum atomic E-state index is 12.0. The Bertz CT molecular complexity index is 1590. The van der Waals surface area contributed by atoms with Gasteiger partial charge in [-0.05, 0) is 50.1 Å². The van der Waals surface area contributed by atoms with Crippen LogP contribution < -0.4 is 29.7 Å². The number of hydrogen-bond acceptors (Lipinski definition) is 11. The third-order valence-electron chi connectivity index (χ3n) is 8.41. The normalized spacial score (nSPS) is 16.8. The van der Waals surface area contributed by atoms with E-state index in [9.17, 15) is 8.42 Å². The molecular formula is C31H43ClN8O4S. The Morgan fingerprint density at radius 2 is 1.69 bits per heavy atom. The summed E-state index contributed by atoms with van der Waals surface area (Å²) in [4.78, 5) is 16.5. The van der Waals surface area contributed by atoms with E-state index in [0.29, 0.717) is 34.9 Å². The molecule has 2 aliphatic rings. The van der Waals surface area contributed by atoms with Gasteiger partial charge in [-0.15, -0.1) is 0 Å². The molecule has 0 radical (unpaired) electrons. The predicted octanol–water partition coefficient (Wildman–Crippen LogP) is 4.78. The van der Waals surface area contributed by atoms with E-state index in [-0.39, 0.29) is 10.8 Å². The zero-order valence-electron chi connectivity index (χ0n) is 26.6. The number of aryl methyl sites for hydroxylation is 1. The fourth-order valence-electron chi connectivity index (χ4n) is 5.92. The number of halogens is 1. The highest BCUT2D eigenvalue weighted by atomic mass is 35.5. The highest BCUT2D eigenvalue weighted by Crippen LogP contribution is 2.38. The second-order valence-electron chi connectivity index (χ2n) is 11.5. The van der Waals surface area contributed by atoms with Crippen LogP contribution in [0.25, 0.3) is 0 Å². The summed E-state index contributed by atoms with van der Waals surface area (Å²) in [5.41, 5.74) is 3.87. The summed E-state index contributed by atoms with van der Waals surface area (Å²) in [6, 6.07) is 9.76. The SMILES string of the molecule is CCc1cc(Nc2ncc(Cl)c(Nc3cc(OC)ccc3NS(C)(=O)=O)n2)c(OC)cc1N1CCC(N2CCN(C)CC2)CC1. The molecule has 0 unspecified atom stereocenters. The predicted molar refractivity (Wildman–Crippen MR) is 182 cm³/mol. The first kappa shape index (κ1) is 32.9. The third-order valence-corrected chi connectivity index (χ3v) is 9.27. The molecule has 0 spiro atoms. The molecule has 2 fully saturated rings. The largest absolute Gasteiger partial charge is 0.497 e.